The van der Waals surface area contributed by atoms with Crippen LogP contribution in [0.25, 0.3) is 9.88 Å². The summed E-state index contributed by atoms with van der Waals surface area (Å²) in [5.41, 5.74) is 0.618. The molecule has 0 spiro atoms. The van der Waals surface area contributed by atoms with E-state index in [4.69, 9.17) is 9.47 Å². The van der Waals surface area contributed by atoms with Gasteiger partial charge in [-0.05, 0) is 25.3 Å². The second-order valence-corrected chi connectivity index (χ2v) is 6.73. The first-order valence-corrected chi connectivity index (χ1v) is 8.17. The van der Waals surface area contributed by atoms with E-state index in [0.717, 1.165) is 9.88 Å². The highest BCUT2D eigenvalue weighted by atomic mass is 32.1. The van der Waals surface area contributed by atoms with Crippen molar-refractivity contribution in [3.8, 4) is 9.88 Å². The van der Waals surface area contributed by atoms with E-state index in [2.05, 4.69) is 4.98 Å². The standard InChI is InChI=1S/C14H13NO4S2/c1-7-6-9(13(16)18-7)19-14(17)11-8(2)15-12(21-11)10-4-3-5-20-10/h3-5,7,9H,6H2,1-2H3/t7-,9-/m1/s1. The van der Waals surface area contributed by atoms with E-state index < -0.39 is 18.0 Å². The summed E-state index contributed by atoms with van der Waals surface area (Å²) in [4.78, 5) is 29.6. The number of aromatic nitrogens is 1. The summed E-state index contributed by atoms with van der Waals surface area (Å²) in [5, 5.41) is 2.75. The molecule has 0 aliphatic carbocycles. The van der Waals surface area contributed by atoms with Crippen molar-refractivity contribution in [2.75, 3.05) is 0 Å². The molecular formula is C14H13NO4S2. The minimum absolute atomic E-state index is 0.209. The molecular weight excluding hydrogens is 310 g/mol. The Hall–Kier alpha value is -1.73. The van der Waals surface area contributed by atoms with E-state index in [9.17, 15) is 9.59 Å². The van der Waals surface area contributed by atoms with Gasteiger partial charge in [-0.15, -0.1) is 22.7 Å². The molecule has 2 aromatic heterocycles. The van der Waals surface area contributed by atoms with Crippen LogP contribution in [0, 0.1) is 6.92 Å². The summed E-state index contributed by atoms with van der Waals surface area (Å²) >= 11 is 2.85. The third kappa shape index (κ3) is 2.84. The number of carbonyl (C=O) groups excluding carboxylic acids is 2. The van der Waals surface area contributed by atoms with Gasteiger partial charge in [-0.2, -0.15) is 0 Å². The van der Waals surface area contributed by atoms with Gasteiger partial charge in [-0.1, -0.05) is 6.07 Å². The molecule has 0 unspecified atom stereocenters. The average molecular weight is 323 g/mol. The van der Waals surface area contributed by atoms with Crippen LogP contribution in [0.2, 0.25) is 0 Å². The van der Waals surface area contributed by atoms with E-state index in [0.29, 0.717) is 17.0 Å². The second kappa shape index (κ2) is 5.57. The zero-order valence-corrected chi connectivity index (χ0v) is 13.1. The molecule has 5 nitrogen and oxygen atoms in total. The Morgan fingerprint density at radius 2 is 2.33 bits per heavy atom. The molecule has 110 valence electrons. The number of hydrogen-bond donors (Lipinski definition) is 0. The van der Waals surface area contributed by atoms with Gasteiger partial charge in [0.25, 0.3) is 0 Å². The third-order valence-electron chi connectivity index (χ3n) is 3.09. The Bertz CT molecular complexity index is 677. The third-order valence-corrected chi connectivity index (χ3v) is 5.27. The lowest BCUT2D eigenvalue weighted by atomic mass is 10.2. The molecule has 3 heterocycles. The van der Waals surface area contributed by atoms with Crippen molar-refractivity contribution in [2.24, 2.45) is 0 Å². The van der Waals surface area contributed by atoms with Crippen molar-refractivity contribution in [1.82, 2.24) is 4.98 Å². The highest BCUT2D eigenvalue weighted by Crippen LogP contribution is 2.32. The normalized spacial score (nSPS) is 21.3. The summed E-state index contributed by atoms with van der Waals surface area (Å²) < 4.78 is 10.2. The van der Waals surface area contributed by atoms with Crippen LogP contribution in [0.4, 0.5) is 0 Å². The van der Waals surface area contributed by atoms with Gasteiger partial charge < -0.3 is 9.47 Å². The van der Waals surface area contributed by atoms with Crippen molar-refractivity contribution < 1.29 is 19.1 Å². The first kappa shape index (κ1) is 14.2. The zero-order chi connectivity index (χ0) is 15.0. The summed E-state index contributed by atoms with van der Waals surface area (Å²) in [6.45, 7) is 3.54. The Balaban J connectivity index is 1.78. The molecule has 2 aromatic rings. The fourth-order valence-electron chi connectivity index (χ4n) is 2.09. The van der Waals surface area contributed by atoms with Gasteiger partial charge in [-0.3, -0.25) is 0 Å². The Kier molecular flexibility index (Phi) is 3.77. The number of esters is 2. The van der Waals surface area contributed by atoms with Gasteiger partial charge in [0.1, 0.15) is 16.0 Å². The molecule has 1 fully saturated rings. The molecule has 0 N–H and O–H groups in total. The van der Waals surface area contributed by atoms with Gasteiger partial charge in [0.15, 0.2) is 0 Å². The number of carbonyl (C=O) groups is 2. The Morgan fingerprint density at radius 3 is 2.95 bits per heavy atom. The fourth-order valence-corrected chi connectivity index (χ4v) is 3.84. The number of hydrogen-bond acceptors (Lipinski definition) is 7. The lowest BCUT2D eigenvalue weighted by Gasteiger charge is -2.06. The average Bonchev–Trinajstić information content (AvgIpc) is 3.11. The molecule has 1 aliphatic rings. The van der Waals surface area contributed by atoms with E-state index in [1.54, 1.807) is 25.2 Å². The van der Waals surface area contributed by atoms with Crippen LogP contribution < -0.4 is 0 Å². The van der Waals surface area contributed by atoms with Crippen molar-refractivity contribution >= 4 is 34.6 Å². The highest BCUT2D eigenvalue weighted by Gasteiger charge is 2.36. The van der Waals surface area contributed by atoms with Crippen LogP contribution in [0.15, 0.2) is 17.5 Å². The number of rotatable bonds is 3. The molecule has 7 heteroatoms. The van der Waals surface area contributed by atoms with Crippen molar-refractivity contribution in [1.29, 1.82) is 0 Å². The molecule has 21 heavy (non-hydrogen) atoms. The van der Waals surface area contributed by atoms with Crippen LogP contribution in [-0.2, 0) is 14.3 Å². The Morgan fingerprint density at radius 1 is 1.52 bits per heavy atom. The summed E-state index contributed by atoms with van der Waals surface area (Å²) in [5.74, 6) is -0.986. The van der Waals surface area contributed by atoms with E-state index in [-0.39, 0.29) is 6.10 Å². The Labute approximate surface area is 129 Å². The number of cyclic esters (lactones) is 1. The van der Waals surface area contributed by atoms with Gasteiger partial charge in [-0.25, -0.2) is 14.6 Å². The molecule has 1 aliphatic heterocycles. The minimum Gasteiger partial charge on any atom is -0.460 e. The monoisotopic (exact) mass is 323 g/mol. The van der Waals surface area contributed by atoms with Crippen LogP contribution in [0.3, 0.4) is 0 Å². The highest BCUT2D eigenvalue weighted by molar-refractivity contribution is 7.22. The van der Waals surface area contributed by atoms with Gasteiger partial charge in [0.05, 0.1) is 10.6 Å². The first-order valence-electron chi connectivity index (χ1n) is 6.47. The lowest BCUT2D eigenvalue weighted by molar-refractivity contribution is -0.147. The minimum atomic E-state index is -0.806. The SMILES string of the molecule is Cc1nc(-c2cccs2)sc1C(=O)O[C@@H]1C[C@@H](C)OC1=O. The number of ether oxygens (including phenoxy) is 2. The van der Waals surface area contributed by atoms with Gasteiger partial charge in [0, 0.05) is 6.42 Å². The maximum Gasteiger partial charge on any atom is 0.351 e. The maximum absolute atomic E-state index is 12.2. The van der Waals surface area contributed by atoms with Crippen LogP contribution in [-0.4, -0.2) is 29.1 Å². The molecule has 0 saturated carbocycles. The molecule has 0 amide bonds. The van der Waals surface area contributed by atoms with Gasteiger partial charge in [0.2, 0.25) is 6.10 Å². The molecule has 0 bridgehead atoms. The quantitative estimate of drug-likeness (QED) is 0.812. The predicted octanol–water partition coefficient (Wildman–Crippen LogP) is 3.04. The maximum atomic E-state index is 12.2. The molecule has 3 rings (SSSR count). The summed E-state index contributed by atoms with van der Waals surface area (Å²) in [7, 11) is 0. The summed E-state index contributed by atoms with van der Waals surface area (Å²) in [6.07, 6.45) is -0.612. The molecule has 0 aromatic carbocycles. The van der Waals surface area contributed by atoms with Crippen LogP contribution >= 0.6 is 22.7 Å². The zero-order valence-electron chi connectivity index (χ0n) is 11.5. The summed E-state index contributed by atoms with van der Waals surface area (Å²) in [6, 6.07) is 3.89. The molecule has 2 atom stereocenters. The van der Waals surface area contributed by atoms with E-state index >= 15 is 0 Å². The lowest BCUT2D eigenvalue weighted by Crippen LogP contribution is -2.22. The van der Waals surface area contributed by atoms with Crippen LogP contribution in [0.5, 0.6) is 0 Å². The molecule has 1 saturated heterocycles. The van der Waals surface area contributed by atoms with Crippen molar-refractivity contribution in [3.05, 3.63) is 28.1 Å². The number of aryl methyl sites for hydroxylation is 1. The smallest absolute Gasteiger partial charge is 0.351 e. The van der Waals surface area contributed by atoms with E-state index in [1.807, 2.05) is 17.5 Å². The number of thiazole rings is 1. The largest absolute Gasteiger partial charge is 0.460 e. The predicted molar refractivity (Wildman–Crippen MR) is 79.5 cm³/mol. The van der Waals surface area contributed by atoms with E-state index in [1.165, 1.54) is 11.3 Å². The second-order valence-electron chi connectivity index (χ2n) is 4.79. The first-order chi connectivity index (χ1) is 10.0. The van der Waals surface area contributed by atoms with Gasteiger partial charge >= 0.3 is 11.9 Å². The fraction of sp³-hybridized carbons (Fsp3) is 0.357. The number of nitrogens with zero attached hydrogens (tertiary/aromatic N) is 1. The number of thiophene rings is 1. The van der Waals surface area contributed by atoms with Crippen molar-refractivity contribution in [2.45, 2.75) is 32.5 Å². The topological polar surface area (TPSA) is 65.5 Å². The van der Waals surface area contributed by atoms with Crippen LogP contribution in [0.1, 0.15) is 28.7 Å². The molecule has 0 radical (unpaired) electrons. The van der Waals surface area contributed by atoms with Crippen molar-refractivity contribution in [3.63, 3.8) is 0 Å².